The van der Waals surface area contributed by atoms with Gasteiger partial charge in [0, 0.05) is 0 Å². The second-order valence-electron chi connectivity index (χ2n) is 3.56. The SMILES string of the molecule is Bc1ccc2cc(C(=O)OC)ccc2c1. The van der Waals surface area contributed by atoms with Gasteiger partial charge in [-0.2, -0.15) is 0 Å². The van der Waals surface area contributed by atoms with E-state index in [4.69, 9.17) is 0 Å². The van der Waals surface area contributed by atoms with Crippen LogP contribution in [0.25, 0.3) is 10.8 Å². The van der Waals surface area contributed by atoms with E-state index in [1.807, 2.05) is 32.1 Å². The fourth-order valence-electron chi connectivity index (χ4n) is 1.61. The average molecular weight is 198 g/mol. The van der Waals surface area contributed by atoms with Gasteiger partial charge in [-0.3, -0.25) is 0 Å². The Kier molecular flexibility index (Phi) is 2.46. The first-order valence-electron chi connectivity index (χ1n) is 4.79. The smallest absolute Gasteiger partial charge is 0.337 e. The van der Waals surface area contributed by atoms with Crippen LogP contribution in [0.3, 0.4) is 0 Å². The van der Waals surface area contributed by atoms with E-state index in [-0.39, 0.29) is 5.97 Å². The maximum absolute atomic E-state index is 11.3. The van der Waals surface area contributed by atoms with Gasteiger partial charge in [-0.15, -0.1) is 0 Å². The lowest BCUT2D eigenvalue weighted by Gasteiger charge is -2.02. The maximum atomic E-state index is 11.3. The Hall–Kier alpha value is -1.77. The van der Waals surface area contributed by atoms with Crippen LogP contribution in [0.5, 0.6) is 0 Å². The third-order valence-corrected chi connectivity index (χ3v) is 2.42. The molecule has 0 amide bonds. The molecule has 0 N–H and O–H groups in total. The van der Waals surface area contributed by atoms with Gasteiger partial charge in [0.25, 0.3) is 0 Å². The monoisotopic (exact) mass is 198 g/mol. The Labute approximate surface area is 89.3 Å². The number of carbonyl (C=O) groups is 1. The predicted octanol–water partition coefficient (Wildman–Crippen LogP) is 0.885. The Morgan fingerprint density at radius 3 is 2.53 bits per heavy atom. The van der Waals surface area contributed by atoms with Crippen LogP contribution < -0.4 is 5.46 Å². The summed E-state index contributed by atoms with van der Waals surface area (Å²) >= 11 is 0. The summed E-state index contributed by atoms with van der Waals surface area (Å²) in [6.07, 6.45) is 0. The van der Waals surface area contributed by atoms with E-state index in [0.29, 0.717) is 5.56 Å². The molecule has 15 heavy (non-hydrogen) atoms. The summed E-state index contributed by atoms with van der Waals surface area (Å²) in [6, 6.07) is 11.7. The van der Waals surface area contributed by atoms with E-state index in [1.165, 1.54) is 12.6 Å². The molecule has 0 aliphatic heterocycles. The summed E-state index contributed by atoms with van der Waals surface area (Å²) in [4.78, 5) is 11.3. The quantitative estimate of drug-likeness (QED) is 0.502. The van der Waals surface area contributed by atoms with E-state index < -0.39 is 0 Å². The van der Waals surface area contributed by atoms with Gasteiger partial charge in [-0.05, 0) is 22.9 Å². The molecule has 0 heterocycles. The van der Waals surface area contributed by atoms with Crippen molar-refractivity contribution in [1.29, 1.82) is 0 Å². The molecule has 2 rings (SSSR count). The van der Waals surface area contributed by atoms with Crippen LogP contribution in [0, 0.1) is 0 Å². The predicted molar refractivity (Wildman–Crippen MR) is 63.5 cm³/mol. The van der Waals surface area contributed by atoms with Gasteiger partial charge in [0.1, 0.15) is 7.85 Å². The van der Waals surface area contributed by atoms with Gasteiger partial charge in [0.05, 0.1) is 12.7 Å². The molecule has 0 radical (unpaired) electrons. The molecule has 0 unspecified atom stereocenters. The number of esters is 1. The second-order valence-corrected chi connectivity index (χ2v) is 3.56. The van der Waals surface area contributed by atoms with Crippen LogP contribution in [0.4, 0.5) is 0 Å². The fraction of sp³-hybridized carbons (Fsp3) is 0.0833. The van der Waals surface area contributed by atoms with Gasteiger partial charge in [-0.25, -0.2) is 4.79 Å². The minimum Gasteiger partial charge on any atom is -0.465 e. The lowest BCUT2D eigenvalue weighted by atomic mass is 9.93. The van der Waals surface area contributed by atoms with E-state index >= 15 is 0 Å². The molecule has 0 spiro atoms. The zero-order valence-electron chi connectivity index (χ0n) is 8.78. The molecule has 0 fully saturated rings. The fourth-order valence-corrected chi connectivity index (χ4v) is 1.61. The first-order valence-corrected chi connectivity index (χ1v) is 4.79. The third kappa shape index (κ3) is 1.86. The minimum atomic E-state index is -0.294. The van der Waals surface area contributed by atoms with E-state index in [2.05, 4.69) is 10.8 Å². The molecule has 0 atom stereocenters. The molecule has 2 nitrogen and oxygen atoms in total. The lowest BCUT2D eigenvalue weighted by molar-refractivity contribution is 0.0601. The van der Waals surface area contributed by atoms with Gasteiger partial charge >= 0.3 is 5.97 Å². The van der Waals surface area contributed by atoms with Gasteiger partial charge in [-0.1, -0.05) is 29.7 Å². The van der Waals surface area contributed by atoms with E-state index in [1.54, 1.807) is 6.07 Å². The highest BCUT2D eigenvalue weighted by Gasteiger charge is 2.05. The number of rotatable bonds is 1. The summed E-state index contributed by atoms with van der Waals surface area (Å²) in [5, 5.41) is 2.20. The van der Waals surface area contributed by atoms with Gasteiger partial charge in [0.15, 0.2) is 0 Å². The van der Waals surface area contributed by atoms with Crippen molar-refractivity contribution < 1.29 is 9.53 Å². The van der Waals surface area contributed by atoms with E-state index in [0.717, 1.165) is 10.8 Å². The van der Waals surface area contributed by atoms with Crippen molar-refractivity contribution >= 4 is 30.1 Å². The summed E-state index contributed by atoms with van der Waals surface area (Å²) in [5.41, 5.74) is 1.81. The maximum Gasteiger partial charge on any atom is 0.337 e. The molecule has 0 aliphatic rings. The molecule has 0 bridgehead atoms. The van der Waals surface area contributed by atoms with Crippen LogP contribution in [0.1, 0.15) is 10.4 Å². The molecule has 74 valence electrons. The Balaban J connectivity index is 2.57. The summed E-state index contributed by atoms with van der Waals surface area (Å²) < 4.78 is 4.67. The molecule has 0 aliphatic carbocycles. The van der Waals surface area contributed by atoms with Crippen molar-refractivity contribution in [3.8, 4) is 0 Å². The Morgan fingerprint density at radius 1 is 1.13 bits per heavy atom. The zero-order valence-corrected chi connectivity index (χ0v) is 8.78. The van der Waals surface area contributed by atoms with Crippen LogP contribution in [-0.2, 0) is 4.74 Å². The number of benzene rings is 2. The highest BCUT2D eigenvalue weighted by Crippen LogP contribution is 2.15. The molecular formula is C12H11BO2. The highest BCUT2D eigenvalue weighted by atomic mass is 16.5. The van der Waals surface area contributed by atoms with Crippen molar-refractivity contribution in [3.05, 3.63) is 42.0 Å². The number of carbonyl (C=O) groups excluding carboxylic acids is 1. The second kappa shape index (κ2) is 3.77. The molecule has 0 saturated carbocycles. The first kappa shape index (κ1) is 9.78. The van der Waals surface area contributed by atoms with Crippen LogP contribution in [0.15, 0.2) is 36.4 Å². The van der Waals surface area contributed by atoms with Crippen LogP contribution >= 0.6 is 0 Å². The molecule has 3 heteroatoms. The summed E-state index contributed by atoms with van der Waals surface area (Å²) in [5.74, 6) is -0.294. The minimum absolute atomic E-state index is 0.294. The number of fused-ring (bicyclic) bond motifs is 1. The molecular weight excluding hydrogens is 187 g/mol. The zero-order chi connectivity index (χ0) is 10.8. The third-order valence-electron chi connectivity index (χ3n) is 2.42. The Bertz CT molecular complexity index is 520. The molecule has 2 aromatic rings. The average Bonchev–Trinajstić information content (AvgIpc) is 2.27. The normalized spacial score (nSPS) is 10.2. The number of ether oxygens (including phenoxy) is 1. The van der Waals surface area contributed by atoms with E-state index in [9.17, 15) is 4.79 Å². The molecule has 0 aromatic heterocycles. The van der Waals surface area contributed by atoms with Crippen molar-refractivity contribution in [3.63, 3.8) is 0 Å². The first-order chi connectivity index (χ1) is 7.20. The Morgan fingerprint density at radius 2 is 1.80 bits per heavy atom. The summed E-state index contributed by atoms with van der Waals surface area (Å²) in [7, 11) is 3.44. The summed E-state index contributed by atoms with van der Waals surface area (Å²) in [6.45, 7) is 0. The van der Waals surface area contributed by atoms with Crippen molar-refractivity contribution in [2.45, 2.75) is 0 Å². The standard InChI is InChI=1S/C12H11BO2/c1-15-12(14)10-3-2-9-7-11(13)5-4-8(9)6-10/h2-7H,13H2,1H3. The largest absolute Gasteiger partial charge is 0.465 e. The molecule has 0 saturated heterocycles. The van der Waals surface area contributed by atoms with Gasteiger partial charge in [0.2, 0.25) is 0 Å². The van der Waals surface area contributed by atoms with Crippen LogP contribution in [-0.4, -0.2) is 20.9 Å². The topological polar surface area (TPSA) is 26.3 Å². The van der Waals surface area contributed by atoms with Crippen molar-refractivity contribution in [2.75, 3.05) is 7.11 Å². The number of methoxy groups -OCH3 is 1. The molecule has 2 aromatic carbocycles. The highest BCUT2D eigenvalue weighted by molar-refractivity contribution is 6.33. The number of hydrogen-bond donors (Lipinski definition) is 0. The number of hydrogen-bond acceptors (Lipinski definition) is 2. The van der Waals surface area contributed by atoms with Crippen molar-refractivity contribution in [2.24, 2.45) is 0 Å². The lowest BCUT2D eigenvalue weighted by Crippen LogP contribution is -2.02. The van der Waals surface area contributed by atoms with Gasteiger partial charge < -0.3 is 4.74 Å². The van der Waals surface area contributed by atoms with Crippen LogP contribution in [0.2, 0.25) is 0 Å². The van der Waals surface area contributed by atoms with Crippen molar-refractivity contribution in [1.82, 2.24) is 0 Å².